The Morgan fingerprint density at radius 1 is 1.47 bits per heavy atom. The summed E-state index contributed by atoms with van der Waals surface area (Å²) in [5.41, 5.74) is 1.10. The van der Waals surface area contributed by atoms with E-state index in [-0.39, 0.29) is 12.0 Å². The quantitative estimate of drug-likeness (QED) is 0.872. The zero-order chi connectivity index (χ0) is 13.9. The highest BCUT2D eigenvalue weighted by Gasteiger charge is 2.38. The lowest BCUT2D eigenvalue weighted by molar-refractivity contribution is -0.141. The molecule has 1 aromatic rings. The van der Waals surface area contributed by atoms with Gasteiger partial charge in [-0.25, -0.2) is 0 Å². The van der Waals surface area contributed by atoms with E-state index < -0.39 is 5.97 Å². The minimum Gasteiger partial charge on any atom is -0.481 e. The Labute approximate surface area is 126 Å². The van der Waals surface area contributed by atoms with Crippen molar-refractivity contribution in [2.45, 2.75) is 50.6 Å². The number of carboxylic acids is 1. The van der Waals surface area contributed by atoms with Crippen molar-refractivity contribution in [1.82, 2.24) is 4.90 Å². The normalized spacial score (nSPS) is 18.7. The highest BCUT2D eigenvalue weighted by atomic mass is 79.9. The molecule has 0 spiro atoms. The number of halogens is 1. The molecule has 1 fully saturated rings. The maximum Gasteiger partial charge on any atom is 0.305 e. The standard InChI is InChI=1S/C14H20BrNO2S/c1-16(9-11-7-12(15)19-10-11)14(8-13(17)18)5-3-2-4-6-14/h7,10H,2-6,8-9H2,1H3,(H,17,18). The summed E-state index contributed by atoms with van der Waals surface area (Å²) < 4.78 is 1.13. The number of rotatable bonds is 5. The van der Waals surface area contributed by atoms with Gasteiger partial charge >= 0.3 is 5.97 Å². The van der Waals surface area contributed by atoms with Crippen LogP contribution in [0.5, 0.6) is 0 Å². The Balaban J connectivity index is 2.10. The van der Waals surface area contributed by atoms with Crippen molar-refractivity contribution in [3.63, 3.8) is 0 Å². The van der Waals surface area contributed by atoms with Crippen LogP contribution in [0.15, 0.2) is 15.2 Å². The predicted octanol–water partition coefficient (Wildman–Crippen LogP) is 4.12. The molecule has 19 heavy (non-hydrogen) atoms. The van der Waals surface area contributed by atoms with E-state index in [9.17, 15) is 9.90 Å². The first-order valence-electron chi connectivity index (χ1n) is 6.68. The van der Waals surface area contributed by atoms with Gasteiger partial charge in [-0.3, -0.25) is 9.69 Å². The van der Waals surface area contributed by atoms with E-state index in [0.717, 1.165) is 36.0 Å². The zero-order valence-electron chi connectivity index (χ0n) is 11.2. The lowest BCUT2D eigenvalue weighted by Crippen LogP contribution is -2.48. The first kappa shape index (κ1) is 15.0. The van der Waals surface area contributed by atoms with Crippen LogP contribution >= 0.6 is 27.3 Å². The summed E-state index contributed by atoms with van der Waals surface area (Å²) >= 11 is 5.16. The van der Waals surface area contributed by atoms with Crippen molar-refractivity contribution in [3.8, 4) is 0 Å². The molecule has 1 aliphatic rings. The molecule has 106 valence electrons. The smallest absolute Gasteiger partial charge is 0.305 e. The first-order chi connectivity index (χ1) is 9.02. The fourth-order valence-corrected chi connectivity index (χ4v) is 4.26. The van der Waals surface area contributed by atoms with Gasteiger partial charge in [-0.05, 0) is 52.8 Å². The van der Waals surface area contributed by atoms with Crippen LogP contribution in [-0.2, 0) is 11.3 Å². The third kappa shape index (κ3) is 3.80. The number of nitrogens with zero attached hydrogens (tertiary/aromatic N) is 1. The number of carbonyl (C=O) groups is 1. The Bertz CT molecular complexity index is 440. The highest BCUT2D eigenvalue weighted by Crippen LogP contribution is 2.37. The van der Waals surface area contributed by atoms with E-state index in [2.05, 4.69) is 39.3 Å². The average molecular weight is 346 g/mol. The number of hydrogen-bond acceptors (Lipinski definition) is 3. The maximum atomic E-state index is 11.2. The Morgan fingerprint density at radius 2 is 2.16 bits per heavy atom. The van der Waals surface area contributed by atoms with E-state index >= 15 is 0 Å². The second-order valence-corrected chi connectivity index (χ2v) is 7.76. The fourth-order valence-electron chi connectivity index (χ4n) is 3.06. The predicted molar refractivity (Wildman–Crippen MR) is 81.6 cm³/mol. The van der Waals surface area contributed by atoms with Crippen molar-refractivity contribution in [3.05, 3.63) is 20.8 Å². The minimum atomic E-state index is -0.680. The summed E-state index contributed by atoms with van der Waals surface area (Å²) in [4.78, 5) is 13.5. The summed E-state index contributed by atoms with van der Waals surface area (Å²) in [5, 5.41) is 11.4. The molecule has 0 bridgehead atoms. The summed E-state index contributed by atoms with van der Waals surface area (Å²) in [6.45, 7) is 0.829. The van der Waals surface area contributed by atoms with Crippen LogP contribution in [0.1, 0.15) is 44.1 Å². The second-order valence-electron chi connectivity index (χ2n) is 5.47. The van der Waals surface area contributed by atoms with E-state index in [1.165, 1.54) is 12.0 Å². The topological polar surface area (TPSA) is 40.5 Å². The molecule has 0 saturated heterocycles. The minimum absolute atomic E-state index is 0.154. The lowest BCUT2D eigenvalue weighted by Gasteiger charge is -2.44. The number of thiophene rings is 1. The average Bonchev–Trinajstić information content (AvgIpc) is 2.75. The molecule has 0 radical (unpaired) electrons. The molecule has 1 saturated carbocycles. The van der Waals surface area contributed by atoms with E-state index in [1.54, 1.807) is 11.3 Å². The molecule has 1 aromatic heterocycles. The van der Waals surface area contributed by atoms with Gasteiger partial charge in [0.15, 0.2) is 0 Å². The van der Waals surface area contributed by atoms with Crippen molar-refractivity contribution < 1.29 is 9.90 Å². The monoisotopic (exact) mass is 345 g/mol. The fraction of sp³-hybridized carbons (Fsp3) is 0.643. The molecule has 0 aliphatic heterocycles. The van der Waals surface area contributed by atoms with Gasteiger partial charge in [-0.2, -0.15) is 0 Å². The molecule has 0 atom stereocenters. The Morgan fingerprint density at radius 3 is 2.68 bits per heavy atom. The van der Waals surface area contributed by atoms with Gasteiger partial charge in [-0.15, -0.1) is 11.3 Å². The van der Waals surface area contributed by atoms with Gasteiger partial charge in [0.25, 0.3) is 0 Å². The Kier molecular flexibility index (Phi) is 5.03. The molecule has 0 aromatic carbocycles. The molecule has 5 heteroatoms. The van der Waals surface area contributed by atoms with Gasteiger partial charge in [0.1, 0.15) is 0 Å². The molecule has 2 rings (SSSR count). The van der Waals surface area contributed by atoms with Crippen LogP contribution in [0, 0.1) is 0 Å². The second kappa shape index (κ2) is 6.37. The van der Waals surface area contributed by atoms with Gasteiger partial charge < -0.3 is 5.11 Å². The van der Waals surface area contributed by atoms with Crippen molar-refractivity contribution in [2.24, 2.45) is 0 Å². The van der Waals surface area contributed by atoms with Crippen molar-refractivity contribution in [2.75, 3.05) is 7.05 Å². The van der Waals surface area contributed by atoms with Crippen LogP contribution in [0.25, 0.3) is 0 Å². The zero-order valence-corrected chi connectivity index (χ0v) is 13.6. The third-order valence-corrected chi connectivity index (χ3v) is 5.67. The van der Waals surface area contributed by atoms with Crippen molar-refractivity contribution in [1.29, 1.82) is 0 Å². The van der Waals surface area contributed by atoms with Crippen LogP contribution in [0.3, 0.4) is 0 Å². The van der Waals surface area contributed by atoms with E-state index in [0.29, 0.717) is 0 Å². The summed E-state index contributed by atoms with van der Waals surface area (Å²) in [6, 6.07) is 2.12. The highest BCUT2D eigenvalue weighted by molar-refractivity contribution is 9.11. The molecule has 0 amide bonds. The number of aliphatic carboxylic acids is 1. The van der Waals surface area contributed by atoms with Crippen LogP contribution in [-0.4, -0.2) is 28.6 Å². The molecular weight excluding hydrogens is 326 g/mol. The number of hydrogen-bond donors (Lipinski definition) is 1. The molecule has 1 N–H and O–H groups in total. The van der Waals surface area contributed by atoms with Gasteiger partial charge in [0, 0.05) is 12.1 Å². The number of carboxylic acid groups (broad SMARTS) is 1. The lowest BCUT2D eigenvalue weighted by atomic mass is 9.78. The molecule has 1 heterocycles. The van der Waals surface area contributed by atoms with Gasteiger partial charge in [0.05, 0.1) is 10.2 Å². The van der Waals surface area contributed by atoms with E-state index in [4.69, 9.17) is 0 Å². The third-order valence-electron chi connectivity index (χ3n) is 4.12. The largest absolute Gasteiger partial charge is 0.481 e. The Hall–Kier alpha value is -0.390. The van der Waals surface area contributed by atoms with Crippen LogP contribution in [0.4, 0.5) is 0 Å². The van der Waals surface area contributed by atoms with Crippen molar-refractivity contribution >= 4 is 33.2 Å². The first-order valence-corrected chi connectivity index (χ1v) is 8.35. The van der Waals surface area contributed by atoms with Gasteiger partial charge in [-0.1, -0.05) is 19.3 Å². The molecule has 3 nitrogen and oxygen atoms in total. The summed E-state index contributed by atoms with van der Waals surface area (Å²) in [7, 11) is 2.07. The van der Waals surface area contributed by atoms with Gasteiger partial charge in [0.2, 0.25) is 0 Å². The summed E-state index contributed by atoms with van der Waals surface area (Å²) in [6.07, 6.45) is 5.78. The summed E-state index contributed by atoms with van der Waals surface area (Å²) in [5.74, 6) is -0.680. The van der Waals surface area contributed by atoms with E-state index in [1.807, 2.05) is 0 Å². The van der Waals surface area contributed by atoms with Crippen LogP contribution in [0.2, 0.25) is 0 Å². The molecule has 1 aliphatic carbocycles. The molecule has 0 unspecified atom stereocenters. The maximum absolute atomic E-state index is 11.2. The molecular formula is C14H20BrNO2S. The van der Waals surface area contributed by atoms with Crippen LogP contribution < -0.4 is 0 Å². The SMILES string of the molecule is CN(Cc1csc(Br)c1)C1(CC(=O)O)CCCCC1.